The highest BCUT2D eigenvalue weighted by Crippen LogP contribution is 2.44. The number of fused-ring (bicyclic) bond motifs is 3. The normalized spacial score (nSPS) is 16.0. The zero-order valence-electron chi connectivity index (χ0n) is 23.7. The van der Waals surface area contributed by atoms with Crippen molar-refractivity contribution >= 4 is 23.9 Å². The number of carbonyl (C=O) groups excluding carboxylic acids is 3. The first kappa shape index (κ1) is 29.1. The molecule has 1 N–H and O–H groups in total. The summed E-state index contributed by atoms with van der Waals surface area (Å²) >= 11 is 0. The van der Waals surface area contributed by atoms with Gasteiger partial charge in [-0.3, -0.25) is 19.3 Å². The third-order valence-electron chi connectivity index (χ3n) is 8.46. The Morgan fingerprint density at radius 3 is 1.95 bits per heavy atom. The van der Waals surface area contributed by atoms with Gasteiger partial charge in [0.25, 0.3) is 0 Å². The summed E-state index contributed by atoms with van der Waals surface area (Å²) in [5.41, 5.74) is 4.44. The number of benzene rings is 2. The van der Waals surface area contributed by atoms with E-state index in [0.717, 1.165) is 47.9 Å². The summed E-state index contributed by atoms with van der Waals surface area (Å²) in [4.78, 5) is 55.9. The maximum Gasteiger partial charge on any atom is 0.410 e. The number of likely N-dealkylation sites (N-methyl/N-ethyl adjacent to an activating group) is 3. The molecule has 9 nitrogen and oxygen atoms in total. The Kier molecular flexibility index (Phi) is 9.12. The molecule has 3 amide bonds. The van der Waals surface area contributed by atoms with Gasteiger partial charge in [0.1, 0.15) is 18.7 Å². The van der Waals surface area contributed by atoms with Crippen molar-refractivity contribution in [2.45, 2.75) is 57.0 Å². The lowest BCUT2D eigenvalue weighted by atomic mass is 9.95. The molecule has 0 aromatic heterocycles. The van der Waals surface area contributed by atoms with E-state index in [2.05, 4.69) is 12.1 Å². The lowest BCUT2D eigenvalue weighted by Gasteiger charge is -2.37. The van der Waals surface area contributed by atoms with Gasteiger partial charge in [-0.2, -0.15) is 0 Å². The van der Waals surface area contributed by atoms with E-state index in [0.29, 0.717) is 6.54 Å². The summed E-state index contributed by atoms with van der Waals surface area (Å²) in [7, 11) is 4.58. The highest BCUT2D eigenvalue weighted by Gasteiger charge is 2.42. The molecule has 2 aromatic carbocycles. The second-order valence-electron chi connectivity index (χ2n) is 10.8. The highest BCUT2D eigenvalue weighted by atomic mass is 16.6. The van der Waals surface area contributed by atoms with Crippen molar-refractivity contribution in [1.29, 1.82) is 0 Å². The number of hydrogen-bond acceptors (Lipinski definition) is 5. The van der Waals surface area contributed by atoms with Gasteiger partial charge in [-0.05, 0) is 47.9 Å². The predicted molar refractivity (Wildman–Crippen MR) is 151 cm³/mol. The molecule has 1 saturated carbocycles. The van der Waals surface area contributed by atoms with Crippen molar-refractivity contribution in [2.75, 3.05) is 34.3 Å². The van der Waals surface area contributed by atoms with E-state index < -0.39 is 42.4 Å². The van der Waals surface area contributed by atoms with Gasteiger partial charge in [0.2, 0.25) is 11.8 Å². The minimum Gasteiger partial charge on any atom is -0.481 e. The second kappa shape index (κ2) is 12.5. The lowest BCUT2D eigenvalue weighted by molar-refractivity contribution is -0.151. The number of ether oxygens (including phenoxy) is 1. The van der Waals surface area contributed by atoms with E-state index >= 15 is 0 Å². The largest absolute Gasteiger partial charge is 0.481 e. The zero-order chi connectivity index (χ0) is 29.0. The molecule has 2 aliphatic carbocycles. The molecule has 0 bridgehead atoms. The first-order valence-electron chi connectivity index (χ1n) is 14.0. The number of amides is 3. The molecule has 4 rings (SSSR count). The maximum absolute atomic E-state index is 13.9. The molecule has 2 aromatic rings. The molecule has 0 radical (unpaired) electrons. The number of rotatable bonds is 10. The Morgan fingerprint density at radius 2 is 1.43 bits per heavy atom. The van der Waals surface area contributed by atoms with Crippen LogP contribution in [0.3, 0.4) is 0 Å². The smallest absolute Gasteiger partial charge is 0.410 e. The summed E-state index contributed by atoms with van der Waals surface area (Å²) in [5.74, 6) is -2.30. The fraction of sp³-hybridized carbons (Fsp3) is 0.484. The summed E-state index contributed by atoms with van der Waals surface area (Å²) in [5, 5.41) is 9.49. The van der Waals surface area contributed by atoms with Crippen molar-refractivity contribution in [3.05, 3.63) is 59.7 Å². The van der Waals surface area contributed by atoms with E-state index in [1.807, 2.05) is 36.4 Å². The van der Waals surface area contributed by atoms with Gasteiger partial charge in [-0.25, -0.2) is 4.79 Å². The van der Waals surface area contributed by atoms with Crippen molar-refractivity contribution in [3.63, 3.8) is 0 Å². The molecule has 1 unspecified atom stereocenters. The van der Waals surface area contributed by atoms with Gasteiger partial charge >= 0.3 is 12.1 Å². The van der Waals surface area contributed by atoms with Gasteiger partial charge in [-0.15, -0.1) is 0 Å². The third kappa shape index (κ3) is 5.83. The number of nitrogens with zero attached hydrogens (tertiary/aromatic N) is 3. The van der Waals surface area contributed by atoms with Crippen LogP contribution in [-0.4, -0.2) is 90.1 Å². The van der Waals surface area contributed by atoms with E-state index in [4.69, 9.17) is 4.74 Å². The van der Waals surface area contributed by atoms with Crippen molar-refractivity contribution in [1.82, 2.24) is 14.7 Å². The van der Waals surface area contributed by atoms with E-state index in [1.165, 1.54) is 21.7 Å². The SMILES string of the molecule is CCN(C)C(=O)[C@H](CC(=O)O)N(C)C(=O)C(C1CCCC1)N(C)C(=O)OCC1c2ccccc2-c2ccccc21. The van der Waals surface area contributed by atoms with Crippen LogP contribution in [0, 0.1) is 5.92 Å². The van der Waals surface area contributed by atoms with Gasteiger partial charge in [0.15, 0.2) is 0 Å². The number of hydrogen-bond donors (Lipinski definition) is 1. The molecule has 0 heterocycles. The molecule has 214 valence electrons. The number of carbonyl (C=O) groups is 4. The fourth-order valence-corrected chi connectivity index (χ4v) is 6.09. The van der Waals surface area contributed by atoms with Crippen molar-refractivity contribution in [2.24, 2.45) is 5.92 Å². The molecule has 2 atom stereocenters. The van der Waals surface area contributed by atoms with Gasteiger partial charge in [-0.1, -0.05) is 61.4 Å². The minimum atomic E-state index is -1.18. The molecule has 0 aliphatic heterocycles. The molecule has 2 aliphatic rings. The van der Waals surface area contributed by atoms with Crippen LogP contribution in [0.5, 0.6) is 0 Å². The monoisotopic (exact) mass is 549 g/mol. The number of aliphatic carboxylic acids is 1. The Hall–Kier alpha value is -3.88. The Balaban J connectivity index is 1.54. The van der Waals surface area contributed by atoms with Crippen LogP contribution in [-0.2, 0) is 19.1 Å². The fourth-order valence-electron chi connectivity index (χ4n) is 6.09. The summed E-state index contributed by atoms with van der Waals surface area (Å²) in [6, 6.07) is 14.1. The topological polar surface area (TPSA) is 107 Å². The number of carboxylic acids is 1. The first-order valence-corrected chi connectivity index (χ1v) is 14.0. The predicted octanol–water partition coefficient (Wildman–Crippen LogP) is 4.21. The third-order valence-corrected chi connectivity index (χ3v) is 8.46. The molecule has 9 heteroatoms. The highest BCUT2D eigenvalue weighted by molar-refractivity contribution is 5.93. The minimum absolute atomic E-state index is 0.107. The molecule has 40 heavy (non-hydrogen) atoms. The van der Waals surface area contributed by atoms with Crippen molar-refractivity contribution < 1.29 is 29.0 Å². The molecular weight excluding hydrogens is 510 g/mol. The Bertz CT molecular complexity index is 1210. The standard InChI is InChI=1S/C31H39N3O6/c1-5-32(2)29(37)26(18-27(35)36)33(3)30(38)28(20-12-6-7-13-20)34(4)31(39)40-19-25-23-16-10-8-14-21(23)22-15-9-11-17-24(22)25/h8-11,14-17,20,25-26,28H,5-7,12-13,18-19H2,1-4H3,(H,35,36)/t26-,28?/m0/s1. The summed E-state index contributed by atoms with van der Waals surface area (Å²) in [6.45, 7) is 2.28. The van der Waals surface area contributed by atoms with Gasteiger partial charge < -0.3 is 19.6 Å². The van der Waals surface area contributed by atoms with Crippen LogP contribution < -0.4 is 0 Å². The van der Waals surface area contributed by atoms with E-state index in [1.54, 1.807) is 21.0 Å². The average Bonchev–Trinajstić information content (AvgIpc) is 3.60. The van der Waals surface area contributed by atoms with Crippen LogP contribution in [0.15, 0.2) is 48.5 Å². The van der Waals surface area contributed by atoms with Crippen LogP contribution in [0.4, 0.5) is 4.79 Å². The van der Waals surface area contributed by atoms with Crippen molar-refractivity contribution in [3.8, 4) is 11.1 Å². The second-order valence-corrected chi connectivity index (χ2v) is 10.8. The molecule has 1 fully saturated rings. The lowest BCUT2D eigenvalue weighted by Crippen LogP contribution is -2.57. The van der Waals surface area contributed by atoms with Crippen LogP contribution in [0.1, 0.15) is 56.1 Å². The summed E-state index contributed by atoms with van der Waals surface area (Å²) < 4.78 is 5.85. The van der Waals surface area contributed by atoms with Crippen LogP contribution in [0.2, 0.25) is 0 Å². The summed E-state index contributed by atoms with van der Waals surface area (Å²) in [6.07, 6.45) is 2.26. The zero-order valence-corrected chi connectivity index (χ0v) is 23.7. The quantitative estimate of drug-likeness (QED) is 0.476. The molecule has 0 saturated heterocycles. The van der Waals surface area contributed by atoms with Crippen LogP contribution >= 0.6 is 0 Å². The first-order chi connectivity index (χ1) is 19.1. The Labute approximate surface area is 235 Å². The Morgan fingerprint density at radius 1 is 0.875 bits per heavy atom. The maximum atomic E-state index is 13.9. The molecular formula is C31H39N3O6. The van der Waals surface area contributed by atoms with Gasteiger partial charge in [0, 0.05) is 33.6 Å². The van der Waals surface area contributed by atoms with E-state index in [-0.39, 0.29) is 18.4 Å². The van der Waals surface area contributed by atoms with Crippen LogP contribution in [0.25, 0.3) is 11.1 Å². The number of carboxylic acid groups (broad SMARTS) is 1. The molecule has 0 spiro atoms. The average molecular weight is 550 g/mol. The van der Waals surface area contributed by atoms with E-state index in [9.17, 15) is 24.3 Å². The van der Waals surface area contributed by atoms with Gasteiger partial charge in [0.05, 0.1) is 6.42 Å².